The van der Waals surface area contributed by atoms with Gasteiger partial charge in [0, 0.05) is 23.5 Å². The Morgan fingerprint density at radius 2 is 2.00 bits per heavy atom. The van der Waals surface area contributed by atoms with Gasteiger partial charge in [-0.2, -0.15) is 0 Å². The van der Waals surface area contributed by atoms with Crippen LogP contribution in [0.3, 0.4) is 0 Å². The molecule has 1 aliphatic carbocycles. The summed E-state index contributed by atoms with van der Waals surface area (Å²) < 4.78 is 13.4. The third-order valence-electron chi connectivity index (χ3n) is 5.92. The molecule has 1 N–H and O–H groups in total. The number of rotatable bonds is 4. The van der Waals surface area contributed by atoms with Gasteiger partial charge >= 0.3 is 0 Å². The van der Waals surface area contributed by atoms with Crippen LogP contribution in [0.2, 0.25) is 0 Å². The summed E-state index contributed by atoms with van der Waals surface area (Å²) in [6.45, 7) is 0. The van der Waals surface area contributed by atoms with Crippen LogP contribution in [0.5, 0.6) is 0 Å². The monoisotopic (exact) mass is 412 g/mol. The van der Waals surface area contributed by atoms with Crippen LogP contribution in [0, 0.1) is 17.7 Å². The van der Waals surface area contributed by atoms with E-state index in [1.807, 2.05) is 30.3 Å². The minimum absolute atomic E-state index is 0.0307. The summed E-state index contributed by atoms with van der Waals surface area (Å²) >= 11 is 6.45. The number of nitrogens with one attached hydrogen (secondary N) is 1. The molecule has 1 amide bonds. The Labute approximate surface area is 174 Å². The maximum absolute atomic E-state index is 13.4. The van der Waals surface area contributed by atoms with Crippen LogP contribution < -0.4 is 5.32 Å². The van der Waals surface area contributed by atoms with Gasteiger partial charge in [0.1, 0.15) is 11.7 Å². The lowest BCUT2D eigenvalue weighted by Crippen LogP contribution is -2.57. The van der Waals surface area contributed by atoms with Crippen molar-refractivity contribution in [3.05, 3.63) is 71.8 Å². The number of carbonyl (C=O) groups is 2. The molecule has 6 heteroatoms. The third kappa shape index (κ3) is 4.25. The average molecular weight is 413 g/mol. The van der Waals surface area contributed by atoms with Crippen molar-refractivity contribution >= 4 is 29.4 Å². The predicted octanol–water partition coefficient (Wildman–Crippen LogP) is 4.11. The van der Waals surface area contributed by atoms with Crippen molar-refractivity contribution in [2.75, 3.05) is 0 Å². The van der Waals surface area contributed by atoms with E-state index in [2.05, 4.69) is 10.3 Å². The smallest absolute Gasteiger partial charge is 0.231 e. The van der Waals surface area contributed by atoms with Crippen LogP contribution in [0.1, 0.15) is 36.3 Å². The molecular formula is C23H22ClFN2O2. The van der Waals surface area contributed by atoms with Crippen molar-refractivity contribution in [3.8, 4) is 0 Å². The number of hydrogen-bond acceptors (Lipinski definition) is 3. The van der Waals surface area contributed by atoms with E-state index in [4.69, 9.17) is 11.6 Å². The van der Waals surface area contributed by atoms with Crippen molar-refractivity contribution < 1.29 is 14.0 Å². The minimum Gasteiger partial charge on any atom is -0.352 e. The van der Waals surface area contributed by atoms with Gasteiger partial charge in [-0.1, -0.05) is 30.3 Å². The first-order chi connectivity index (χ1) is 14.0. The summed E-state index contributed by atoms with van der Waals surface area (Å²) in [5, 5.41) is 3.10. The number of allylic oxidation sites excluding steroid dienone is 1. The fraction of sp³-hybridized carbons (Fsp3) is 0.348. The number of carbonyl (C=O) groups excluding carboxylic acids is 2. The van der Waals surface area contributed by atoms with Crippen LogP contribution in [0.25, 0.3) is 6.08 Å². The van der Waals surface area contributed by atoms with Crippen LogP contribution in [0.4, 0.5) is 4.39 Å². The van der Waals surface area contributed by atoms with Crippen LogP contribution in [-0.4, -0.2) is 28.1 Å². The zero-order chi connectivity index (χ0) is 20.4. The zero-order valence-electron chi connectivity index (χ0n) is 15.8. The molecule has 2 aliphatic rings. The van der Waals surface area contributed by atoms with E-state index in [1.54, 1.807) is 0 Å². The molecule has 4 rings (SSSR count). The van der Waals surface area contributed by atoms with Gasteiger partial charge in [-0.15, -0.1) is 11.6 Å². The molecule has 5 atom stereocenters. The highest BCUT2D eigenvalue weighted by atomic mass is 35.5. The fourth-order valence-electron chi connectivity index (χ4n) is 4.63. The number of hydrogen-bond donors (Lipinski definition) is 1. The van der Waals surface area contributed by atoms with E-state index in [0.717, 1.165) is 31.0 Å². The number of benzene rings is 1. The second-order valence-corrected chi connectivity index (χ2v) is 8.39. The first-order valence-corrected chi connectivity index (χ1v) is 10.3. The van der Waals surface area contributed by atoms with Gasteiger partial charge in [-0.3, -0.25) is 14.6 Å². The standard InChI is InChI=1S/C23H22ClFN2O2/c24-16-7-8-19-18(11-16)21(15-4-2-1-3-5-15)22(23(29)27-19)20(28)9-6-14-10-17(25)13-26-12-14/h1-6,9-10,12-13,16,18-19,21-22H,7-8,11H2,(H,27,29)/b9-6+. The number of amides is 1. The molecule has 1 saturated carbocycles. The first kappa shape index (κ1) is 19.8. The van der Waals surface area contributed by atoms with Gasteiger partial charge in [-0.05, 0) is 54.5 Å². The van der Waals surface area contributed by atoms with Crippen molar-refractivity contribution in [3.63, 3.8) is 0 Å². The van der Waals surface area contributed by atoms with Gasteiger partial charge in [0.15, 0.2) is 5.78 Å². The Morgan fingerprint density at radius 3 is 2.76 bits per heavy atom. The summed E-state index contributed by atoms with van der Waals surface area (Å²) in [6.07, 6.45) is 7.87. The van der Waals surface area contributed by atoms with E-state index in [-0.39, 0.29) is 34.9 Å². The summed E-state index contributed by atoms with van der Waals surface area (Å²) in [4.78, 5) is 29.8. The Hall–Kier alpha value is -2.53. The molecule has 150 valence electrons. The SMILES string of the molecule is O=C(/C=C/c1cncc(F)c1)C1C(=O)NC2CCC(Cl)CC2C1c1ccccc1. The number of fused-ring (bicyclic) bond motifs is 1. The van der Waals surface area contributed by atoms with E-state index in [0.29, 0.717) is 5.56 Å². The van der Waals surface area contributed by atoms with Crippen molar-refractivity contribution in [1.29, 1.82) is 0 Å². The van der Waals surface area contributed by atoms with E-state index in [9.17, 15) is 14.0 Å². The fourth-order valence-corrected chi connectivity index (χ4v) is 4.97. The highest BCUT2D eigenvalue weighted by Gasteiger charge is 2.48. The lowest BCUT2D eigenvalue weighted by molar-refractivity contribution is -0.137. The molecule has 4 nitrogen and oxygen atoms in total. The molecule has 1 aromatic carbocycles. The summed E-state index contributed by atoms with van der Waals surface area (Å²) in [7, 11) is 0. The maximum Gasteiger partial charge on any atom is 0.231 e. The molecule has 2 heterocycles. The van der Waals surface area contributed by atoms with Gasteiger partial charge in [0.2, 0.25) is 5.91 Å². The Bertz CT molecular complexity index is 933. The Morgan fingerprint density at radius 1 is 1.21 bits per heavy atom. The number of pyridine rings is 1. The minimum atomic E-state index is -0.835. The van der Waals surface area contributed by atoms with Crippen molar-refractivity contribution in [2.45, 2.75) is 36.6 Å². The topological polar surface area (TPSA) is 59.1 Å². The number of ketones is 1. The second-order valence-electron chi connectivity index (χ2n) is 7.78. The quantitative estimate of drug-likeness (QED) is 0.467. The van der Waals surface area contributed by atoms with Gasteiger partial charge in [0.05, 0.1) is 6.20 Å². The van der Waals surface area contributed by atoms with E-state index < -0.39 is 11.7 Å². The first-order valence-electron chi connectivity index (χ1n) is 9.85. The summed E-state index contributed by atoms with van der Waals surface area (Å²) in [5.74, 6) is -1.99. The number of alkyl halides is 1. The molecular weight excluding hydrogens is 391 g/mol. The van der Waals surface area contributed by atoms with Crippen LogP contribution >= 0.6 is 11.6 Å². The molecule has 1 aromatic heterocycles. The largest absolute Gasteiger partial charge is 0.352 e. The molecule has 5 unspecified atom stereocenters. The Balaban J connectivity index is 1.67. The normalized spacial score (nSPS) is 29.3. The molecule has 2 aromatic rings. The van der Waals surface area contributed by atoms with Gasteiger partial charge in [-0.25, -0.2) is 4.39 Å². The molecule has 2 fully saturated rings. The summed E-state index contributed by atoms with van der Waals surface area (Å²) in [6, 6.07) is 11.0. The van der Waals surface area contributed by atoms with E-state index >= 15 is 0 Å². The van der Waals surface area contributed by atoms with Crippen LogP contribution in [0.15, 0.2) is 54.9 Å². The molecule has 0 spiro atoms. The summed E-state index contributed by atoms with van der Waals surface area (Å²) in [5.41, 5.74) is 1.45. The highest BCUT2D eigenvalue weighted by Crippen LogP contribution is 2.45. The highest BCUT2D eigenvalue weighted by molar-refractivity contribution is 6.20. The zero-order valence-corrected chi connectivity index (χ0v) is 16.6. The van der Waals surface area contributed by atoms with Crippen molar-refractivity contribution in [2.24, 2.45) is 11.8 Å². The molecule has 1 aliphatic heterocycles. The van der Waals surface area contributed by atoms with Crippen LogP contribution in [-0.2, 0) is 9.59 Å². The maximum atomic E-state index is 13.4. The lowest BCUT2D eigenvalue weighted by Gasteiger charge is -2.46. The number of aromatic nitrogens is 1. The lowest BCUT2D eigenvalue weighted by atomic mass is 9.64. The second kappa shape index (κ2) is 8.46. The third-order valence-corrected chi connectivity index (χ3v) is 6.32. The average Bonchev–Trinajstić information content (AvgIpc) is 2.72. The molecule has 0 radical (unpaired) electrons. The van der Waals surface area contributed by atoms with E-state index in [1.165, 1.54) is 24.4 Å². The number of halogens is 2. The van der Waals surface area contributed by atoms with Gasteiger partial charge < -0.3 is 5.32 Å². The molecule has 1 saturated heterocycles. The predicted molar refractivity (Wildman–Crippen MR) is 110 cm³/mol. The van der Waals surface area contributed by atoms with Gasteiger partial charge in [0.25, 0.3) is 0 Å². The van der Waals surface area contributed by atoms with Crippen molar-refractivity contribution in [1.82, 2.24) is 10.3 Å². The number of piperidine rings is 1. The molecule has 29 heavy (non-hydrogen) atoms. The Kier molecular flexibility index (Phi) is 5.76. The molecule has 0 bridgehead atoms. The number of nitrogens with zero attached hydrogens (tertiary/aromatic N) is 1.